The number of aromatic hydroxyl groups is 1. The second-order valence-corrected chi connectivity index (χ2v) is 8.11. The average molecular weight is 420 g/mol. The highest BCUT2D eigenvalue weighted by molar-refractivity contribution is 5.93. The molecule has 2 aromatic carbocycles. The van der Waals surface area contributed by atoms with Crippen LogP contribution in [0.4, 0.5) is 5.69 Å². The average Bonchev–Trinajstić information content (AvgIpc) is 2.73. The highest BCUT2D eigenvalue weighted by Crippen LogP contribution is 2.42. The van der Waals surface area contributed by atoms with Gasteiger partial charge in [-0.05, 0) is 43.8 Å². The molecule has 2 N–H and O–H groups in total. The normalized spacial score (nSPS) is 19.8. The van der Waals surface area contributed by atoms with Gasteiger partial charge in [0.25, 0.3) is 0 Å². The van der Waals surface area contributed by atoms with E-state index in [1.165, 1.54) is 12.1 Å². The quantitative estimate of drug-likeness (QED) is 0.615. The molecule has 160 valence electrons. The minimum Gasteiger partial charge on any atom is -0.507 e. The van der Waals surface area contributed by atoms with E-state index < -0.39 is 17.5 Å². The molecule has 0 saturated carbocycles. The lowest BCUT2D eigenvalue weighted by atomic mass is 9.85. The van der Waals surface area contributed by atoms with Gasteiger partial charge in [0.1, 0.15) is 22.8 Å². The Hall–Kier alpha value is -3.29. The molecule has 31 heavy (non-hydrogen) atoms. The fourth-order valence-electron chi connectivity index (χ4n) is 4.13. The minimum atomic E-state index is -0.750. The molecule has 2 unspecified atom stereocenters. The first-order valence-corrected chi connectivity index (χ1v) is 10.2. The highest BCUT2D eigenvalue weighted by Gasteiger charge is 2.33. The molecule has 1 aromatic heterocycles. The van der Waals surface area contributed by atoms with Crippen molar-refractivity contribution in [2.45, 2.75) is 25.4 Å². The van der Waals surface area contributed by atoms with Gasteiger partial charge in [0.15, 0.2) is 5.43 Å². The van der Waals surface area contributed by atoms with Crippen molar-refractivity contribution in [3.05, 3.63) is 74.0 Å². The smallest absolute Gasteiger partial charge is 0.195 e. The van der Waals surface area contributed by atoms with Crippen LogP contribution in [0.5, 0.6) is 5.75 Å². The summed E-state index contributed by atoms with van der Waals surface area (Å²) in [6, 6.07) is 10.3. The van der Waals surface area contributed by atoms with Crippen LogP contribution < -0.4 is 5.43 Å². The molecule has 2 heterocycles. The van der Waals surface area contributed by atoms with E-state index in [0.29, 0.717) is 25.1 Å². The first kappa shape index (κ1) is 21.0. The summed E-state index contributed by atoms with van der Waals surface area (Å²) < 4.78 is 6.00. The number of aryl methyl sites for hydroxylation is 1. The summed E-state index contributed by atoms with van der Waals surface area (Å²) in [5.41, 5.74) is 1.90. The molecule has 0 radical (unpaired) electrons. The van der Waals surface area contributed by atoms with E-state index in [9.17, 15) is 19.9 Å². The zero-order valence-corrected chi connectivity index (χ0v) is 17.4. The zero-order valence-electron chi connectivity index (χ0n) is 17.4. The summed E-state index contributed by atoms with van der Waals surface area (Å²) in [7, 11) is 1.91. The fraction of sp³-hybridized carbons (Fsp3) is 0.292. The number of benzene rings is 2. The molecule has 1 aliphatic rings. The number of fused-ring (bicyclic) bond motifs is 1. The number of nitroso groups, excluding NO2 is 1. The number of phenols is 1. The molecule has 7 heteroatoms. The van der Waals surface area contributed by atoms with Crippen molar-refractivity contribution in [2.75, 3.05) is 20.1 Å². The number of β-amino-alcohol motifs (C(OH)–C–C–N with tert-alkyl or cyclic N) is 1. The number of hydrogen-bond acceptors (Lipinski definition) is 7. The monoisotopic (exact) mass is 420 g/mol. The summed E-state index contributed by atoms with van der Waals surface area (Å²) in [5, 5.41) is 24.2. The fourth-order valence-corrected chi connectivity index (χ4v) is 4.13. The zero-order chi connectivity index (χ0) is 22.1. The third-order valence-electron chi connectivity index (χ3n) is 5.79. The van der Waals surface area contributed by atoms with Gasteiger partial charge in [0.2, 0.25) is 0 Å². The van der Waals surface area contributed by atoms with Crippen LogP contribution in [-0.2, 0) is 0 Å². The maximum absolute atomic E-state index is 12.9. The molecular weight excluding hydrogens is 396 g/mol. The Morgan fingerprint density at radius 2 is 1.94 bits per heavy atom. The van der Waals surface area contributed by atoms with Gasteiger partial charge in [0.05, 0.1) is 11.5 Å². The van der Waals surface area contributed by atoms with Crippen LogP contribution in [0.25, 0.3) is 23.1 Å². The van der Waals surface area contributed by atoms with Gasteiger partial charge in [-0.25, -0.2) is 0 Å². The molecule has 0 aliphatic carbocycles. The van der Waals surface area contributed by atoms with Gasteiger partial charge < -0.3 is 19.5 Å². The van der Waals surface area contributed by atoms with Crippen LogP contribution in [0.2, 0.25) is 0 Å². The van der Waals surface area contributed by atoms with Gasteiger partial charge in [0, 0.05) is 30.2 Å². The van der Waals surface area contributed by atoms with E-state index >= 15 is 0 Å². The van der Waals surface area contributed by atoms with Crippen molar-refractivity contribution in [1.29, 1.82) is 0 Å². The Bertz CT molecular complexity index is 1210. The Kier molecular flexibility index (Phi) is 5.71. The summed E-state index contributed by atoms with van der Waals surface area (Å²) in [6.07, 6.45) is 3.30. The molecule has 1 saturated heterocycles. The second-order valence-electron chi connectivity index (χ2n) is 8.11. The number of aliphatic hydroxyl groups excluding tert-OH is 1. The third kappa shape index (κ3) is 4.15. The molecule has 1 fully saturated rings. The maximum Gasteiger partial charge on any atom is 0.195 e. The molecule has 7 nitrogen and oxygen atoms in total. The van der Waals surface area contributed by atoms with E-state index in [0.717, 1.165) is 11.1 Å². The number of phenolic OH excluding ortho intramolecular Hbond substituents is 1. The van der Waals surface area contributed by atoms with Gasteiger partial charge in [-0.2, -0.15) is 0 Å². The first-order chi connectivity index (χ1) is 14.9. The van der Waals surface area contributed by atoms with Crippen molar-refractivity contribution in [3.63, 3.8) is 0 Å². The van der Waals surface area contributed by atoms with E-state index in [4.69, 9.17) is 4.42 Å². The summed E-state index contributed by atoms with van der Waals surface area (Å²) in [6.45, 7) is 3.14. The van der Waals surface area contributed by atoms with Crippen LogP contribution in [0.3, 0.4) is 0 Å². The lowest BCUT2D eigenvalue weighted by Crippen LogP contribution is -2.40. The van der Waals surface area contributed by atoms with Crippen molar-refractivity contribution in [1.82, 2.24) is 4.90 Å². The van der Waals surface area contributed by atoms with Gasteiger partial charge >= 0.3 is 0 Å². The number of aliphatic hydroxyl groups is 1. The van der Waals surface area contributed by atoms with Gasteiger partial charge in [-0.3, -0.25) is 4.79 Å². The molecule has 4 rings (SSSR count). The number of hydrogen-bond donors (Lipinski definition) is 2. The lowest BCUT2D eigenvalue weighted by molar-refractivity contribution is 0.0631. The Morgan fingerprint density at radius 3 is 2.61 bits per heavy atom. The number of likely N-dealkylation sites (tertiary alicyclic amines) is 1. The molecule has 0 spiro atoms. The Labute approximate surface area is 179 Å². The van der Waals surface area contributed by atoms with Crippen LogP contribution in [0.15, 0.2) is 50.8 Å². The van der Waals surface area contributed by atoms with Crippen LogP contribution in [-0.4, -0.2) is 41.4 Å². The molecule has 1 aliphatic heterocycles. The number of nitrogens with zero attached hydrogens (tertiary/aromatic N) is 2. The van der Waals surface area contributed by atoms with E-state index in [2.05, 4.69) is 5.18 Å². The molecule has 0 amide bonds. The van der Waals surface area contributed by atoms with Crippen molar-refractivity contribution in [2.24, 2.45) is 5.18 Å². The van der Waals surface area contributed by atoms with Gasteiger partial charge in [-0.1, -0.05) is 35.9 Å². The highest BCUT2D eigenvalue weighted by atomic mass is 16.3. The predicted octanol–water partition coefficient (Wildman–Crippen LogP) is 4.16. The molecule has 0 bridgehead atoms. The Balaban J connectivity index is 1.87. The van der Waals surface area contributed by atoms with Crippen molar-refractivity contribution < 1.29 is 14.6 Å². The summed E-state index contributed by atoms with van der Waals surface area (Å²) >= 11 is 0. The van der Waals surface area contributed by atoms with Crippen LogP contribution in [0.1, 0.15) is 34.8 Å². The van der Waals surface area contributed by atoms with Crippen LogP contribution in [0, 0.1) is 11.8 Å². The number of piperidine rings is 1. The largest absolute Gasteiger partial charge is 0.507 e. The number of likely N-dealkylation sites (N-methyl/N-ethyl adjacent to an activating group) is 1. The minimum absolute atomic E-state index is 0.0152. The topological polar surface area (TPSA) is 103 Å². The standard InChI is InChI=1S/C24H24N2O5/c1-14-3-5-15(6-4-14)7-8-16-11-19(27)23-18(25-30)12-20(28)22(24(23)31-16)17-9-10-26(2)13-21(17)29/h3-8,11-12,17,21,28-29H,9-10,13H2,1-2H3/b8-7+. The first-order valence-electron chi connectivity index (χ1n) is 10.2. The van der Waals surface area contributed by atoms with E-state index in [1.807, 2.05) is 49.2 Å². The lowest BCUT2D eigenvalue weighted by Gasteiger charge is -2.34. The molecular formula is C24H24N2O5. The van der Waals surface area contributed by atoms with Gasteiger partial charge in [-0.15, -0.1) is 4.91 Å². The van der Waals surface area contributed by atoms with Crippen LogP contribution >= 0.6 is 0 Å². The molecule has 3 aromatic rings. The maximum atomic E-state index is 12.9. The van der Waals surface area contributed by atoms with E-state index in [-0.39, 0.29) is 28.2 Å². The molecule has 2 atom stereocenters. The summed E-state index contributed by atoms with van der Waals surface area (Å²) in [5.74, 6) is -0.360. The summed E-state index contributed by atoms with van der Waals surface area (Å²) in [4.78, 5) is 26.2. The third-order valence-corrected chi connectivity index (χ3v) is 5.79. The van der Waals surface area contributed by atoms with E-state index in [1.54, 1.807) is 6.08 Å². The number of rotatable bonds is 4. The predicted molar refractivity (Wildman–Crippen MR) is 121 cm³/mol. The SMILES string of the molecule is Cc1ccc(/C=C/c2cc(=O)c3c(N=O)cc(O)c(C4CCN(C)CC4O)c3o2)cc1. The van der Waals surface area contributed by atoms with Crippen molar-refractivity contribution >= 4 is 28.8 Å². The Morgan fingerprint density at radius 1 is 1.19 bits per heavy atom. The van der Waals surface area contributed by atoms with Crippen molar-refractivity contribution in [3.8, 4) is 5.75 Å². The second kappa shape index (κ2) is 8.45.